The monoisotopic (exact) mass is 290 g/mol. The number of methoxy groups -OCH3 is 1. The van der Waals surface area contributed by atoms with E-state index >= 15 is 0 Å². The first kappa shape index (κ1) is 16.5. The molecule has 1 aromatic rings. The molecule has 1 aliphatic heterocycles. The average molecular weight is 290 g/mol. The molecule has 0 amide bonds. The van der Waals surface area contributed by atoms with Crippen LogP contribution in [0.1, 0.15) is 32.8 Å². The van der Waals surface area contributed by atoms with Crippen molar-refractivity contribution in [1.82, 2.24) is 10.2 Å². The Balaban J connectivity index is 2.05. The van der Waals surface area contributed by atoms with Gasteiger partial charge in [-0.25, -0.2) is 0 Å². The van der Waals surface area contributed by atoms with Crippen LogP contribution in [0.4, 0.5) is 0 Å². The summed E-state index contributed by atoms with van der Waals surface area (Å²) in [7, 11) is 1.79. The minimum atomic E-state index is 0.189. The zero-order valence-electron chi connectivity index (χ0n) is 13.9. The van der Waals surface area contributed by atoms with Crippen molar-refractivity contribution in [2.75, 3.05) is 26.8 Å². The summed E-state index contributed by atoms with van der Waals surface area (Å²) >= 11 is 0. The largest absolute Gasteiger partial charge is 0.385 e. The quantitative estimate of drug-likeness (QED) is 0.872. The lowest BCUT2D eigenvalue weighted by Gasteiger charge is -2.47. The number of piperazine rings is 1. The Morgan fingerprint density at radius 2 is 2.05 bits per heavy atom. The lowest BCUT2D eigenvalue weighted by atomic mass is 9.93. The van der Waals surface area contributed by atoms with Crippen LogP contribution in [0, 0.1) is 0 Å². The fraction of sp³-hybridized carbons (Fsp3) is 0.667. The highest BCUT2D eigenvalue weighted by Crippen LogP contribution is 2.22. The van der Waals surface area contributed by atoms with Crippen molar-refractivity contribution in [2.45, 2.75) is 51.2 Å². The minimum absolute atomic E-state index is 0.189. The van der Waals surface area contributed by atoms with Crippen molar-refractivity contribution >= 4 is 0 Å². The molecule has 3 nitrogen and oxygen atoms in total. The number of hydrogen-bond acceptors (Lipinski definition) is 3. The molecule has 0 radical (unpaired) electrons. The van der Waals surface area contributed by atoms with E-state index in [1.807, 2.05) is 0 Å². The number of nitrogens with zero attached hydrogens (tertiary/aromatic N) is 1. The van der Waals surface area contributed by atoms with Gasteiger partial charge >= 0.3 is 0 Å². The first-order valence-electron chi connectivity index (χ1n) is 8.05. The molecule has 0 aromatic heterocycles. The molecule has 0 aliphatic carbocycles. The SMILES string of the molecule is COCCC(C)N1CC(C)(C)NCC1Cc1ccccc1. The molecule has 1 saturated heterocycles. The second-order valence-corrected chi connectivity index (χ2v) is 6.91. The van der Waals surface area contributed by atoms with Crippen LogP contribution in [0.25, 0.3) is 0 Å². The van der Waals surface area contributed by atoms with Crippen molar-refractivity contribution in [3.05, 3.63) is 35.9 Å². The maximum absolute atomic E-state index is 5.27. The van der Waals surface area contributed by atoms with E-state index in [2.05, 4.69) is 61.3 Å². The van der Waals surface area contributed by atoms with Crippen molar-refractivity contribution in [3.63, 3.8) is 0 Å². The van der Waals surface area contributed by atoms with Crippen LogP contribution in [0.3, 0.4) is 0 Å². The van der Waals surface area contributed by atoms with Crippen LogP contribution in [0.15, 0.2) is 30.3 Å². The lowest BCUT2D eigenvalue weighted by molar-refractivity contribution is 0.0454. The summed E-state index contributed by atoms with van der Waals surface area (Å²) in [5.41, 5.74) is 1.61. The molecule has 21 heavy (non-hydrogen) atoms. The number of rotatable bonds is 6. The van der Waals surface area contributed by atoms with E-state index in [9.17, 15) is 0 Å². The highest BCUT2D eigenvalue weighted by Gasteiger charge is 2.34. The van der Waals surface area contributed by atoms with Gasteiger partial charge in [0, 0.05) is 44.4 Å². The van der Waals surface area contributed by atoms with E-state index in [-0.39, 0.29) is 5.54 Å². The summed E-state index contributed by atoms with van der Waals surface area (Å²) in [6, 6.07) is 11.9. The van der Waals surface area contributed by atoms with Gasteiger partial charge in [-0.15, -0.1) is 0 Å². The normalized spacial score (nSPS) is 23.9. The van der Waals surface area contributed by atoms with Gasteiger partial charge in [0.2, 0.25) is 0 Å². The van der Waals surface area contributed by atoms with Crippen LogP contribution >= 0.6 is 0 Å². The van der Waals surface area contributed by atoms with Crippen LogP contribution in [0.2, 0.25) is 0 Å². The Morgan fingerprint density at radius 1 is 1.33 bits per heavy atom. The van der Waals surface area contributed by atoms with E-state index in [4.69, 9.17) is 4.74 Å². The molecular formula is C18H30N2O. The van der Waals surface area contributed by atoms with Gasteiger partial charge in [-0.2, -0.15) is 0 Å². The predicted molar refractivity (Wildman–Crippen MR) is 88.7 cm³/mol. The second-order valence-electron chi connectivity index (χ2n) is 6.91. The van der Waals surface area contributed by atoms with Gasteiger partial charge in [0.15, 0.2) is 0 Å². The highest BCUT2D eigenvalue weighted by atomic mass is 16.5. The minimum Gasteiger partial charge on any atom is -0.385 e. The zero-order chi connectivity index (χ0) is 15.3. The highest BCUT2D eigenvalue weighted by molar-refractivity contribution is 5.16. The number of ether oxygens (including phenoxy) is 1. The molecule has 1 heterocycles. The van der Waals surface area contributed by atoms with E-state index < -0.39 is 0 Å². The average Bonchev–Trinajstić information content (AvgIpc) is 2.47. The Bertz CT molecular complexity index is 418. The maximum atomic E-state index is 5.27. The fourth-order valence-corrected chi connectivity index (χ4v) is 3.20. The summed E-state index contributed by atoms with van der Waals surface area (Å²) < 4.78 is 5.27. The van der Waals surface area contributed by atoms with E-state index in [0.717, 1.165) is 32.5 Å². The van der Waals surface area contributed by atoms with Gasteiger partial charge in [-0.3, -0.25) is 4.90 Å². The van der Waals surface area contributed by atoms with Crippen LogP contribution in [-0.4, -0.2) is 49.3 Å². The summed E-state index contributed by atoms with van der Waals surface area (Å²) in [4.78, 5) is 2.67. The molecule has 0 saturated carbocycles. The van der Waals surface area contributed by atoms with Gasteiger partial charge in [-0.05, 0) is 39.2 Å². The molecule has 1 fully saturated rings. The van der Waals surface area contributed by atoms with Gasteiger partial charge in [0.25, 0.3) is 0 Å². The third-order valence-corrected chi connectivity index (χ3v) is 4.48. The molecule has 1 aliphatic rings. The summed E-state index contributed by atoms with van der Waals surface area (Å²) in [5.74, 6) is 0. The first-order chi connectivity index (χ1) is 10.0. The van der Waals surface area contributed by atoms with Gasteiger partial charge in [0.1, 0.15) is 0 Å². The molecule has 118 valence electrons. The summed E-state index contributed by atoms with van der Waals surface area (Å²) in [6.45, 7) is 9.90. The Morgan fingerprint density at radius 3 is 2.71 bits per heavy atom. The molecule has 1 aromatic carbocycles. The molecule has 2 rings (SSSR count). The lowest BCUT2D eigenvalue weighted by Crippen LogP contribution is -2.64. The summed E-state index contributed by atoms with van der Waals surface area (Å²) in [5, 5.41) is 3.70. The fourth-order valence-electron chi connectivity index (χ4n) is 3.20. The van der Waals surface area contributed by atoms with Crippen molar-refractivity contribution in [3.8, 4) is 0 Å². The molecule has 0 bridgehead atoms. The Hall–Kier alpha value is -0.900. The second kappa shape index (κ2) is 7.39. The van der Waals surface area contributed by atoms with Gasteiger partial charge in [0.05, 0.1) is 0 Å². The molecular weight excluding hydrogens is 260 g/mol. The van der Waals surface area contributed by atoms with Crippen molar-refractivity contribution < 1.29 is 4.74 Å². The Kier molecular flexibility index (Phi) is 5.80. The maximum Gasteiger partial charge on any atom is 0.0477 e. The van der Waals surface area contributed by atoms with Crippen LogP contribution < -0.4 is 5.32 Å². The third-order valence-electron chi connectivity index (χ3n) is 4.48. The molecule has 0 spiro atoms. The van der Waals surface area contributed by atoms with Crippen LogP contribution in [-0.2, 0) is 11.2 Å². The van der Waals surface area contributed by atoms with E-state index in [1.54, 1.807) is 7.11 Å². The predicted octanol–water partition coefficient (Wildman–Crippen LogP) is 2.71. The smallest absolute Gasteiger partial charge is 0.0477 e. The van der Waals surface area contributed by atoms with Crippen molar-refractivity contribution in [1.29, 1.82) is 0 Å². The number of nitrogens with one attached hydrogen (secondary N) is 1. The number of benzene rings is 1. The van der Waals surface area contributed by atoms with Gasteiger partial charge in [-0.1, -0.05) is 30.3 Å². The summed E-state index contributed by atoms with van der Waals surface area (Å²) in [6.07, 6.45) is 2.21. The third kappa shape index (κ3) is 4.80. The molecule has 1 N–H and O–H groups in total. The van der Waals surface area contributed by atoms with E-state index in [0.29, 0.717) is 12.1 Å². The standard InChI is InChI=1S/C18H30N2O/c1-15(10-11-21-4)20-14-18(2,3)19-13-17(20)12-16-8-6-5-7-9-16/h5-9,15,17,19H,10-14H2,1-4H3. The van der Waals surface area contributed by atoms with Crippen molar-refractivity contribution in [2.24, 2.45) is 0 Å². The number of hydrogen-bond donors (Lipinski definition) is 1. The first-order valence-corrected chi connectivity index (χ1v) is 8.05. The zero-order valence-corrected chi connectivity index (χ0v) is 13.9. The Labute approximate surface area is 129 Å². The molecule has 2 atom stereocenters. The van der Waals surface area contributed by atoms with E-state index in [1.165, 1.54) is 5.56 Å². The van der Waals surface area contributed by atoms with Gasteiger partial charge < -0.3 is 10.1 Å². The molecule has 2 unspecified atom stereocenters. The topological polar surface area (TPSA) is 24.5 Å². The van der Waals surface area contributed by atoms with Crippen LogP contribution in [0.5, 0.6) is 0 Å². The molecule has 3 heteroatoms.